The molecule has 1 amide bonds. The molecule has 122 valence electrons. The van der Waals surface area contributed by atoms with Crippen LogP contribution >= 0.6 is 0 Å². The standard InChI is InChI=1S/C17H25NO4/c1-17(6-8-22-9-7-17)12-18-16(19)11-13-4-5-14(20-2)15(10-13)21-3/h4-5,10H,6-9,11-12H2,1-3H3,(H,18,19). The van der Waals surface area contributed by atoms with Crippen LogP contribution in [0.2, 0.25) is 0 Å². The minimum absolute atomic E-state index is 0.0277. The SMILES string of the molecule is COc1ccc(CC(=O)NCC2(C)CCOCC2)cc1OC. The fourth-order valence-electron chi connectivity index (χ4n) is 2.59. The Morgan fingerprint density at radius 3 is 2.55 bits per heavy atom. The molecule has 0 spiro atoms. The Hall–Kier alpha value is -1.75. The van der Waals surface area contributed by atoms with Crippen molar-refractivity contribution >= 4 is 5.91 Å². The second kappa shape index (κ2) is 7.49. The van der Waals surface area contributed by atoms with Gasteiger partial charge in [-0.3, -0.25) is 4.79 Å². The zero-order chi connectivity index (χ0) is 16.0. The summed E-state index contributed by atoms with van der Waals surface area (Å²) in [5.41, 5.74) is 1.05. The largest absolute Gasteiger partial charge is 0.493 e. The summed E-state index contributed by atoms with van der Waals surface area (Å²) in [5.74, 6) is 1.34. The molecule has 0 radical (unpaired) electrons. The van der Waals surface area contributed by atoms with Crippen LogP contribution in [0.4, 0.5) is 0 Å². The van der Waals surface area contributed by atoms with E-state index in [4.69, 9.17) is 14.2 Å². The molecule has 0 aliphatic carbocycles. The molecule has 2 rings (SSSR count). The molecule has 5 nitrogen and oxygen atoms in total. The maximum atomic E-state index is 12.1. The normalized spacial score (nSPS) is 16.9. The number of ether oxygens (including phenoxy) is 3. The summed E-state index contributed by atoms with van der Waals surface area (Å²) >= 11 is 0. The van der Waals surface area contributed by atoms with Gasteiger partial charge in [-0.1, -0.05) is 13.0 Å². The van der Waals surface area contributed by atoms with Crippen molar-refractivity contribution in [3.63, 3.8) is 0 Å². The highest BCUT2D eigenvalue weighted by Gasteiger charge is 2.27. The summed E-state index contributed by atoms with van der Waals surface area (Å²) in [4.78, 5) is 12.1. The van der Waals surface area contributed by atoms with Crippen LogP contribution in [0.5, 0.6) is 11.5 Å². The van der Waals surface area contributed by atoms with Crippen molar-refractivity contribution in [1.29, 1.82) is 0 Å². The van der Waals surface area contributed by atoms with E-state index in [-0.39, 0.29) is 11.3 Å². The van der Waals surface area contributed by atoms with E-state index in [0.717, 1.165) is 31.6 Å². The molecule has 0 aromatic heterocycles. The molecule has 0 bridgehead atoms. The number of rotatable bonds is 6. The molecule has 1 aromatic carbocycles. The monoisotopic (exact) mass is 307 g/mol. The average molecular weight is 307 g/mol. The number of amides is 1. The minimum atomic E-state index is 0.0277. The number of carbonyl (C=O) groups is 1. The highest BCUT2D eigenvalue weighted by atomic mass is 16.5. The molecule has 5 heteroatoms. The lowest BCUT2D eigenvalue weighted by molar-refractivity contribution is -0.121. The molecule has 1 heterocycles. The van der Waals surface area contributed by atoms with Crippen molar-refractivity contribution in [2.45, 2.75) is 26.2 Å². The molecule has 0 unspecified atom stereocenters. The van der Waals surface area contributed by atoms with Gasteiger partial charge in [0.1, 0.15) is 0 Å². The van der Waals surface area contributed by atoms with E-state index in [0.29, 0.717) is 24.5 Å². The Morgan fingerprint density at radius 2 is 1.91 bits per heavy atom. The minimum Gasteiger partial charge on any atom is -0.493 e. The molecule has 1 fully saturated rings. The molecule has 1 saturated heterocycles. The summed E-state index contributed by atoms with van der Waals surface area (Å²) in [6.07, 6.45) is 2.32. The van der Waals surface area contributed by atoms with Crippen LogP contribution < -0.4 is 14.8 Å². The lowest BCUT2D eigenvalue weighted by atomic mass is 9.82. The Bertz CT molecular complexity index is 509. The van der Waals surface area contributed by atoms with E-state index < -0.39 is 0 Å². The van der Waals surface area contributed by atoms with E-state index in [9.17, 15) is 4.79 Å². The third-order valence-electron chi connectivity index (χ3n) is 4.22. The zero-order valence-corrected chi connectivity index (χ0v) is 13.6. The Balaban J connectivity index is 1.89. The van der Waals surface area contributed by atoms with Gasteiger partial charge in [0, 0.05) is 19.8 Å². The molecule has 1 N–H and O–H groups in total. The lowest BCUT2D eigenvalue weighted by Crippen LogP contribution is -2.39. The lowest BCUT2D eigenvalue weighted by Gasteiger charge is -2.33. The fraction of sp³-hybridized carbons (Fsp3) is 0.588. The third-order valence-corrected chi connectivity index (χ3v) is 4.22. The Kier molecular flexibility index (Phi) is 5.66. The number of hydrogen-bond donors (Lipinski definition) is 1. The van der Waals surface area contributed by atoms with Crippen LogP contribution in [0.3, 0.4) is 0 Å². The van der Waals surface area contributed by atoms with E-state index >= 15 is 0 Å². The van der Waals surface area contributed by atoms with Gasteiger partial charge in [-0.2, -0.15) is 0 Å². The van der Waals surface area contributed by atoms with Crippen LogP contribution in [0, 0.1) is 5.41 Å². The molecule has 1 aliphatic rings. The molecule has 0 saturated carbocycles. The van der Waals surface area contributed by atoms with Crippen LogP contribution in [0.1, 0.15) is 25.3 Å². The van der Waals surface area contributed by atoms with E-state index in [1.54, 1.807) is 14.2 Å². The van der Waals surface area contributed by atoms with Crippen molar-refractivity contribution < 1.29 is 19.0 Å². The van der Waals surface area contributed by atoms with Gasteiger partial charge in [0.2, 0.25) is 5.91 Å². The average Bonchev–Trinajstić information content (AvgIpc) is 2.53. The molecule has 1 aromatic rings. The summed E-state index contributed by atoms with van der Waals surface area (Å²) in [5, 5.41) is 3.04. The summed E-state index contributed by atoms with van der Waals surface area (Å²) < 4.78 is 15.8. The molecular formula is C17H25NO4. The first-order valence-corrected chi connectivity index (χ1v) is 7.62. The van der Waals surface area contributed by atoms with Gasteiger partial charge in [-0.25, -0.2) is 0 Å². The summed E-state index contributed by atoms with van der Waals surface area (Å²) in [6, 6.07) is 5.55. The topological polar surface area (TPSA) is 56.8 Å². The summed E-state index contributed by atoms with van der Waals surface area (Å²) in [7, 11) is 3.19. The molecule has 0 atom stereocenters. The first kappa shape index (κ1) is 16.6. The first-order chi connectivity index (χ1) is 10.6. The quantitative estimate of drug-likeness (QED) is 0.875. The Morgan fingerprint density at radius 1 is 1.23 bits per heavy atom. The number of hydrogen-bond acceptors (Lipinski definition) is 4. The predicted molar refractivity (Wildman–Crippen MR) is 84.4 cm³/mol. The van der Waals surface area contributed by atoms with Gasteiger partial charge in [-0.15, -0.1) is 0 Å². The van der Waals surface area contributed by atoms with Gasteiger partial charge >= 0.3 is 0 Å². The van der Waals surface area contributed by atoms with E-state index in [2.05, 4.69) is 12.2 Å². The van der Waals surface area contributed by atoms with Gasteiger partial charge < -0.3 is 19.5 Å². The summed E-state index contributed by atoms with van der Waals surface area (Å²) in [6.45, 7) is 4.46. The van der Waals surface area contributed by atoms with Gasteiger partial charge in [0.15, 0.2) is 11.5 Å². The maximum Gasteiger partial charge on any atom is 0.224 e. The van der Waals surface area contributed by atoms with Crippen LogP contribution in [0.25, 0.3) is 0 Å². The van der Waals surface area contributed by atoms with Crippen molar-refractivity contribution in [3.05, 3.63) is 23.8 Å². The molecular weight excluding hydrogens is 282 g/mol. The highest BCUT2D eigenvalue weighted by molar-refractivity contribution is 5.78. The molecule has 1 aliphatic heterocycles. The first-order valence-electron chi connectivity index (χ1n) is 7.62. The number of nitrogens with one attached hydrogen (secondary N) is 1. The van der Waals surface area contributed by atoms with Crippen LogP contribution in [-0.4, -0.2) is 39.9 Å². The molecule has 22 heavy (non-hydrogen) atoms. The third kappa shape index (κ3) is 4.37. The van der Waals surface area contributed by atoms with E-state index in [1.807, 2.05) is 18.2 Å². The van der Waals surface area contributed by atoms with Crippen LogP contribution in [0.15, 0.2) is 18.2 Å². The predicted octanol–water partition coefficient (Wildman–Crippen LogP) is 2.18. The van der Waals surface area contributed by atoms with Crippen molar-refractivity contribution in [2.24, 2.45) is 5.41 Å². The second-order valence-electron chi connectivity index (χ2n) is 6.07. The smallest absolute Gasteiger partial charge is 0.224 e. The van der Waals surface area contributed by atoms with Gasteiger partial charge in [0.25, 0.3) is 0 Å². The number of methoxy groups -OCH3 is 2. The second-order valence-corrected chi connectivity index (χ2v) is 6.07. The van der Waals surface area contributed by atoms with Gasteiger partial charge in [-0.05, 0) is 36.0 Å². The fourth-order valence-corrected chi connectivity index (χ4v) is 2.59. The van der Waals surface area contributed by atoms with Crippen molar-refractivity contribution in [3.8, 4) is 11.5 Å². The van der Waals surface area contributed by atoms with Crippen molar-refractivity contribution in [1.82, 2.24) is 5.32 Å². The number of carbonyl (C=O) groups excluding carboxylic acids is 1. The Labute approximate surface area is 131 Å². The highest BCUT2D eigenvalue weighted by Crippen LogP contribution is 2.29. The number of benzene rings is 1. The maximum absolute atomic E-state index is 12.1. The van der Waals surface area contributed by atoms with Crippen LogP contribution in [-0.2, 0) is 16.0 Å². The zero-order valence-electron chi connectivity index (χ0n) is 13.6. The van der Waals surface area contributed by atoms with Crippen molar-refractivity contribution in [2.75, 3.05) is 34.0 Å². The van der Waals surface area contributed by atoms with Gasteiger partial charge in [0.05, 0.1) is 20.6 Å². The van der Waals surface area contributed by atoms with E-state index in [1.165, 1.54) is 0 Å².